The molecular weight excluding hydrogens is 257 g/mol. The Hall–Kier alpha value is -0.540. The van der Waals surface area contributed by atoms with Crippen molar-refractivity contribution in [3.05, 3.63) is 29.6 Å². The summed E-state index contributed by atoms with van der Waals surface area (Å²) in [5.41, 5.74) is 1.08. The van der Waals surface area contributed by atoms with Gasteiger partial charge in [0.2, 0.25) is 0 Å². The summed E-state index contributed by atoms with van der Waals surface area (Å²) in [5.74, 6) is 1.51. The summed E-state index contributed by atoms with van der Waals surface area (Å²) < 4.78 is 14.0. The third kappa shape index (κ3) is 5.15. The molecule has 0 heterocycles. The van der Waals surface area contributed by atoms with Gasteiger partial charge in [0.15, 0.2) is 0 Å². The van der Waals surface area contributed by atoms with Crippen LogP contribution in [0.1, 0.15) is 52.1 Å². The molecule has 3 heteroatoms. The van der Waals surface area contributed by atoms with Crippen LogP contribution in [0, 0.1) is 11.7 Å². The van der Waals surface area contributed by atoms with Gasteiger partial charge < -0.3 is 5.32 Å². The van der Waals surface area contributed by atoms with Gasteiger partial charge >= 0.3 is 0 Å². The molecule has 1 aromatic carbocycles. The molecule has 1 nitrogen and oxygen atoms in total. The molecule has 0 aliphatic carbocycles. The van der Waals surface area contributed by atoms with E-state index in [4.69, 9.17) is 0 Å². The summed E-state index contributed by atoms with van der Waals surface area (Å²) in [7, 11) is 0. The molecular formula is C16H26FNS. The van der Waals surface area contributed by atoms with E-state index in [1.54, 1.807) is 17.8 Å². The summed E-state index contributed by atoms with van der Waals surface area (Å²) >= 11 is 1.65. The minimum absolute atomic E-state index is 0.0871. The van der Waals surface area contributed by atoms with E-state index in [9.17, 15) is 4.39 Å². The first kappa shape index (κ1) is 16.5. The second kappa shape index (κ2) is 8.60. The molecule has 0 amide bonds. The number of nitrogens with one attached hydrogen (secondary N) is 1. The van der Waals surface area contributed by atoms with Crippen LogP contribution in [-0.4, -0.2) is 12.3 Å². The van der Waals surface area contributed by atoms with E-state index in [-0.39, 0.29) is 11.9 Å². The first-order valence-corrected chi connectivity index (χ1v) is 8.23. The largest absolute Gasteiger partial charge is 0.310 e. The van der Waals surface area contributed by atoms with Crippen molar-refractivity contribution >= 4 is 11.8 Å². The zero-order valence-corrected chi connectivity index (χ0v) is 13.3. The third-order valence-electron chi connectivity index (χ3n) is 3.37. The van der Waals surface area contributed by atoms with Gasteiger partial charge in [0.1, 0.15) is 5.82 Å². The summed E-state index contributed by atoms with van der Waals surface area (Å²) in [5, 5.41) is 3.44. The van der Waals surface area contributed by atoms with Crippen LogP contribution in [0.25, 0.3) is 0 Å². The van der Waals surface area contributed by atoms with Crippen molar-refractivity contribution in [1.82, 2.24) is 5.32 Å². The van der Waals surface area contributed by atoms with Crippen LogP contribution in [0.3, 0.4) is 0 Å². The molecule has 0 aliphatic heterocycles. The molecule has 0 radical (unpaired) electrons. The number of thioether (sulfide) groups is 1. The smallest absolute Gasteiger partial charge is 0.137 e. The van der Waals surface area contributed by atoms with Gasteiger partial charge in [-0.25, -0.2) is 4.39 Å². The Morgan fingerprint density at radius 1 is 1.26 bits per heavy atom. The Bertz CT molecular complexity index is 381. The van der Waals surface area contributed by atoms with E-state index in [2.05, 4.69) is 33.0 Å². The van der Waals surface area contributed by atoms with Crippen LogP contribution in [0.2, 0.25) is 0 Å². The molecule has 0 aromatic heterocycles. The summed E-state index contributed by atoms with van der Waals surface area (Å²) in [6.07, 6.45) is 2.23. The summed E-state index contributed by atoms with van der Waals surface area (Å²) in [6, 6.07) is 5.61. The summed E-state index contributed by atoms with van der Waals surface area (Å²) in [6.45, 7) is 9.61. The quantitative estimate of drug-likeness (QED) is 0.672. The highest BCUT2D eigenvalue weighted by atomic mass is 32.2. The van der Waals surface area contributed by atoms with Crippen molar-refractivity contribution in [3.63, 3.8) is 0 Å². The van der Waals surface area contributed by atoms with Crippen LogP contribution >= 0.6 is 11.8 Å². The standard InChI is InChI=1S/C16H26FNS/c1-5-10-18-13(4)14-8-7-9-15(17)16(14)19-11-12(3)6-2/h7-9,12-13,18H,5-6,10-11H2,1-4H3. The maximum Gasteiger partial charge on any atom is 0.137 e. The fourth-order valence-corrected chi connectivity index (χ4v) is 3.14. The van der Waals surface area contributed by atoms with E-state index < -0.39 is 0 Å². The molecule has 1 N–H and O–H groups in total. The highest BCUT2D eigenvalue weighted by Crippen LogP contribution is 2.31. The molecule has 1 aromatic rings. The van der Waals surface area contributed by atoms with Crippen LogP contribution in [0.15, 0.2) is 23.1 Å². The number of hydrogen-bond acceptors (Lipinski definition) is 2. The van der Waals surface area contributed by atoms with E-state index in [1.807, 2.05) is 12.1 Å². The predicted molar refractivity (Wildman–Crippen MR) is 83.3 cm³/mol. The number of halogens is 1. The second-order valence-electron chi connectivity index (χ2n) is 5.16. The van der Waals surface area contributed by atoms with Crippen molar-refractivity contribution in [1.29, 1.82) is 0 Å². The molecule has 2 unspecified atom stereocenters. The maximum absolute atomic E-state index is 14.0. The van der Waals surface area contributed by atoms with Crippen LogP contribution in [0.4, 0.5) is 4.39 Å². The fourth-order valence-electron chi connectivity index (χ4n) is 1.83. The van der Waals surface area contributed by atoms with Crippen LogP contribution < -0.4 is 5.32 Å². The number of hydrogen-bond donors (Lipinski definition) is 1. The zero-order chi connectivity index (χ0) is 14.3. The van der Waals surface area contributed by atoms with Gasteiger partial charge in [0, 0.05) is 16.7 Å². The highest BCUT2D eigenvalue weighted by Gasteiger charge is 2.15. The maximum atomic E-state index is 14.0. The van der Waals surface area contributed by atoms with Crippen molar-refractivity contribution < 1.29 is 4.39 Å². The minimum atomic E-state index is -0.0871. The number of benzene rings is 1. The Morgan fingerprint density at radius 2 is 2.00 bits per heavy atom. The molecule has 0 bridgehead atoms. The van der Waals surface area contributed by atoms with E-state index in [0.29, 0.717) is 5.92 Å². The average molecular weight is 283 g/mol. The lowest BCUT2D eigenvalue weighted by molar-refractivity contribution is 0.543. The topological polar surface area (TPSA) is 12.0 Å². The van der Waals surface area contributed by atoms with Crippen LogP contribution in [-0.2, 0) is 0 Å². The normalized spacial score (nSPS) is 14.4. The Kier molecular flexibility index (Phi) is 7.47. The van der Waals surface area contributed by atoms with E-state index >= 15 is 0 Å². The Balaban J connectivity index is 2.82. The molecule has 108 valence electrons. The van der Waals surface area contributed by atoms with Crippen molar-refractivity contribution in [3.8, 4) is 0 Å². The molecule has 0 aliphatic rings. The SMILES string of the molecule is CCCNC(C)c1cccc(F)c1SCC(C)CC. The lowest BCUT2D eigenvalue weighted by atomic mass is 10.1. The van der Waals surface area contributed by atoms with Crippen molar-refractivity contribution in [2.75, 3.05) is 12.3 Å². The monoisotopic (exact) mass is 283 g/mol. The minimum Gasteiger partial charge on any atom is -0.310 e. The van der Waals surface area contributed by atoms with Crippen molar-refractivity contribution in [2.45, 2.75) is 51.5 Å². The van der Waals surface area contributed by atoms with E-state index in [1.165, 1.54) is 0 Å². The zero-order valence-electron chi connectivity index (χ0n) is 12.5. The lowest BCUT2D eigenvalue weighted by Gasteiger charge is -2.19. The Morgan fingerprint density at radius 3 is 2.63 bits per heavy atom. The Labute approximate surface area is 121 Å². The van der Waals surface area contributed by atoms with Gasteiger partial charge in [0.25, 0.3) is 0 Å². The molecule has 0 saturated carbocycles. The average Bonchev–Trinajstić information content (AvgIpc) is 2.42. The van der Waals surface area contributed by atoms with E-state index in [0.717, 1.165) is 35.6 Å². The van der Waals surface area contributed by atoms with Gasteiger partial charge in [-0.1, -0.05) is 39.3 Å². The first-order chi connectivity index (χ1) is 9.10. The number of rotatable bonds is 8. The van der Waals surface area contributed by atoms with Crippen molar-refractivity contribution in [2.24, 2.45) is 5.92 Å². The third-order valence-corrected chi connectivity index (χ3v) is 4.83. The first-order valence-electron chi connectivity index (χ1n) is 7.24. The predicted octanol–water partition coefficient (Wildman–Crippen LogP) is 5.02. The van der Waals surface area contributed by atoms with Gasteiger partial charge in [-0.15, -0.1) is 11.8 Å². The molecule has 19 heavy (non-hydrogen) atoms. The molecule has 0 spiro atoms. The molecule has 0 saturated heterocycles. The summed E-state index contributed by atoms with van der Waals surface area (Å²) in [4.78, 5) is 0.818. The van der Waals surface area contributed by atoms with Gasteiger partial charge in [-0.2, -0.15) is 0 Å². The van der Waals surface area contributed by atoms with Gasteiger partial charge in [-0.05, 0) is 37.4 Å². The van der Waals surface area contributed by atoms with Gasteiger partial charge in [-0.3, -0.25) is 0 Å². The molecule has 0 fully saturated rings. The second-order valence-corrected chi connectivity index (χ2v) is 6.19. The lowest BCUT2D eigenvalue weighted by Crippen LogP contribution is -2.20. The highest BCUT2D eigenvalue weighted by molar-refractivity contribution is 7.99. The molecule has 2 atom stereocenters. The fraction of sp³-hybridized carbons (Fsp3) is 0.625. The molecule has 1 rings (SSSR count). The van der Waals surface area contributed by atoms with Gasteiger partial charge in [0.05, 0.1) is 0 Å². The van der Waals surface area contributed by atoms with Crippen LogP contribution in [0.5, 0.6) is 0 Å².